The highest BCUT2D eigenvalue weighted by molar-refractivity contribution is 6.61. The van der Waals surface area contributed by atoms with Gasteiger partial charge < -0.3 is 28.6 Å². The maximum Gasteiger partial charge on any atom is 0.512 e. The van der Waals surface area contributed by atoms with Crippen molar-refractivity contribution in [3.05, 3.63) is 35.7 Å². The van der Waals surface area contributed by atoms with E-state index in [0.717, 1.165) is 22.6 Å². The first-order chi connectivity index (χ1) is 14.1. The zero-order valence-corrected chi connectivity index (χ0v) is 20.6. The van der Waals surface area contributed by atoms with E-state index in [1.807, 2.05) is 0 Å². The molecule has 0 saturated carbocycles. The van der Waals surface area contributed by atoms with Gasteiger partial charge in [0.25, 0.3) is 0 Å². The van der Waals surface area contributed by atoms with E-state index >= 15 is 0 Å². The second-order valence-corrected chi connectivity index (χ2v) is 11.5. The molecule has 2 fully saturated rings. The summed E-state index contributed by atoms with van der Waals surface area (Å²) in [6.07, 6.45) is 0. The Bertz CT molecular complexity index is 866. The molecule has 0 bridgehead atoms. The van der Waals surface area contributed by atoms with Gasteiger partial charge in [-0.15, -0.1) is 0 Å². The largest absolute Gasteiger partial charge is 0.512 e. The molecule has 2 N–H and O–H groups in total. The molecule has 8 heteroatoms. The molecule has 2 aromatic heterocycles. The van der Waals surface area contributed by atoms with E-state index in [4.69, 9.17) is 18.6 Å². The SMILES string of the molecule is CC(C)(c1ccc(B2OC(C)(C)C(C)(C)O2)[nH]1)c1ccc(B2OC(C)(C)C(C)(C)O2)[nH]1. The lowest BCUT2D eigenvalue weighted by Gasteiger charge is -2.32. The van der Waals surface area contributed by atoms with Crippen molar-refractivity contribution in [3.8, 4) is 0 Å². The molecule has 6 nitrogen and oxygen atoms in total. The molecule has 2 saturated heterocycles. The van der Waals surface area contributed by atoms with Gasteiger partial charge in [0.05, 0.1) is 22.4 Å². The van der Waals surface area contributed by atoms with Crippen molar-refractivity contribution in [2.75, 3.05) is 0 Å². The normalized spacial score (nSPS) is 24.2. The smallest absolute Gasteiger partial charge is 0.398 e. The van der Waals surface area contributed by atoms with Gasteiger partial charge in [-0.2, -0.15) is 0 Å². The fourth-order valence-electron chi connectivity index (χ4n) is 3.91. The summed E-state index contributed by atoms with van der Waals surface area (Å²) in [5.74, 6) is 0. The van der Waals surface area contributed by atoms with Gasteiger partial charge in [0.2, 0.25) is 0 Å². The minimum Gasteiger partial charge on any atom is -0.398 e. The summed E-state index contributed by atoms with van der Waals surface area (Å²) in [6.45, 7) is 20.9. The van der Waals surface area contributed by atoms with Crippen molar-refractivity contribution in [1.82, 2.24) is 9.97 Å². The van der Waals surface area contributed by atoms with Crippen LogP contribution >= 0.6 is 0 Å². The highest BCUT2D eigenvalue weighted by Gasteiger charge is 2.53. The predicted molar refractivity (Wildman–Crippen MR) is 125 cm³/mol. The van der Waals surface area contributed by atoms with E-state index in [1.165, 1.54) is 0 Å². The van der Waals surface area contributed by atoms with Gasteiger partial charge in [-0.1, -0.05) is 0 Å². The molecule has 0 spiro atoms. The van der Waals surface area contributed by atoms with Crippen LogP contribution in [0.2, 0.25) is 0 Å². The van der Waals surface area contributed by atoms with E-state index in [9.17, 15) is 0 Å². The van der Waals surface area contributed by atoms with Crippen molar-refractivity contribution >= 4 is 25.4 Å². The van der Waals surface area contributed by atoms with Gasteiger partial charge in [-0.25, -0.2) is 0 Å². The maximum absolute atomic E-state index is 6.20. The van der Waals surface area contributed by atoms with Crippen molar-refractivity contribution in [2.24, 2.45) is 0 Å². The Kier molecular flexibility index (Phi) is 4.96. The van der Waals surface area contributed by atoms with Crippen LogP contribution < -0.4 is 11.2 Å². The Morgan fingerprint density at radius 2 is 0.871 bits per heavy atom. The quantitative estimate of drug-likeness (QED) is 0.737. The minimum absolute atomic E-state index is 0.274. The van der Waals surface area contributed by atoms with Crippen LogP contribution in [0.25, 0.3) is 0 Å². The van der Waals surface area contributed by atoms with Crippen molar-refractivity contribution in [1.29, 1.82) is 0 Å². The van der Waals surface area contributed by atoms with E-state index in [1.54, 1.807) is 0 Å². The molecular formula is C23H36B2N2O4. The highest BCUT2D eigenvalue weighted by atomic mass is 16.7. The third-order valence-electron chi connectivity index (χ3n) is 7.78. The van der Waals surface area contributed by atoms with Gasteiger partial charge in [0.1, 0.15) is 0 Å². The summed E-state index contributed by atoms with van der Waals surface area (Å²) in [6, 6.07) is 8.32. The van der Waals surface area contributed by atoms with Crippen LogP contribution in [0.3, 0.4) is 0 Å². The highest BCUT2D eigenvalue weighted by Crippen LogP contribution is 2.38. The van der Waals surface area contributed by atoms with Gasteiger partial charge in [0, 0.05) is 28.0 Å². The molecule has 168 valence electrons. The molecule has 4 rings (SSSR count). The summed E-state index contributed by atoms with van der Waals surface area (Å²) < 4.78 is 24.8. The topological polar surface area (TPSA) is 68.5 Å². The zero-order chi connectivity index (χ0) is 23.0. The Morgan fingerprint density at radius 1 is 0.581 bits per heavy atom. The summed E-state index contributed by atoms with van der Waals surface area (Å²) in [7, 11) is -0.808. The minimum atomic E-state index is -0.404. The third-order valence-corrected chi connectivity index (χ3v) is 7.78. The van der Waals surface area contributed by atoms with Crippen LogP contribution in [0, 0.1) is 0 Å². The number of aromatic nitrogens is 2. The molecule has 0 atom stereocenters. The number of aromatic amines is 2. The summed E-state index contributed by atoms with van der Waals surface area (Å²) in [4.78, 5) is 7.08. The number of H-pyrrole nitrogens is 2. The van der Waals surface area contributed by atoms with Crippen molar-refractivity contribution in [3.63, 3.8) is 0 Å². The Morgan fingerprint density at radius 3 is 1.16 bits per heavy atom. The first-order valence-electron chi connectivity index (χ1n) is 11.2. The fraction of sp³-hybridized carbons (Fsp3) is 0.652. The van der Waals surface area contributed by atoms with E-state index in [2.05, 4.69) is 103 Å². The van der Waals surface area contributed by atoms with Crippen LogP contribution in [0.4, 0.5) is 0 Å². The molecule has 0 aliphatic carbocycles. The average Bonchev–Trinajstić information content (AvgIpc) is 3.35. The molecule has 0 amide bonds. The predicted octanol–water partition coefficient (Wildman–Crippen LogP) is 3.27. The second kappa shape index (κ2) is 6.77. The van der Waals surface area contributed by atoms with E-state index < -0.39 is 14.2 Å². The molecule has 31 heavy (non-hydrogen) atoms. The number of nitrogens with one attached hydrogen (secondary N) is 2. The Balaban J connectivity index is 1.55. The molecular weight excluding hydrogens is 390 g/mol. The monoisotopic (exact) mass is 426 g/mol. The zero-order valence-electron chi connectivity index (χ0n) is 20.6. The Labute approximate surface area is 187 Å². The Hall–Kier alpha value is -1.47. The number of hydrogen-bond acceptors (Lipinski definition) is 4. The van der Waals surface area contributed by atoms with Gasteiger partial charge in [0.15, 0.2) is 0 Å². The molecule has 0 unspecified atom stereocenters. The molecule has 4 heterocycles. The van der Waals surface area contributed by atoms with Crippen molar-refractivity contribution in [2.45, 2.75) is 97.1 Å². The third kappa shape index (κ3) is 3.62. The van der Waals surface area contributed by atoms with Gasteiger partial charge in [-0.05, 0) is 93.5 Å². The van der Waals surface area contributed by atoms with E-state index in [0.29, 0.717) is 0 Å². The summed E-state index contributed by atoms with van der Waals surface area (Å²) in [5.41, 5.74) is 2.29. The van der Waals surface area contributed by atoms with Crippen LogP contribution in [0.15, 0.2) is 24.3 Å². The van der Waals surface area contributed by atoms with Gasteiger partial charge in [-0.3, -0.25) is 0 Å². The van der Waals surface area contributed by atoms with E-state index in [-0.39, 0.29) is 27.8 Å². The second-order valence-electron chi connectivity index (χ2n) is 11.5. The lowest BCUT2D eigenvalue weighted by atomic mass is 9.85. The lowest BCUT2D eigenvalue weighted by molar-refractivity contribution is 0.00578. The molecule has 2 aliphatic rings. The fourth-order valence-corrected chi connectivity index (χ4v) is 3.91. The summed E-state index contributed by atoms with van der Waals surface area (Å²) in [5, 5.41) is 0. The van der Waals surface area contributed by atoms with Crippen LogP contribution in [-0.2, 0) is 24.0 Å². The molecule has 2 aromatic rings. The van der Waals surface area contributed by atoms with Crippen LogP contribution in [0.5, 0.6) is 0 Å². The van der Waals surface area contributed by atoms with Crippen LogP contribution in [0.1, 0.15) is 80.6 Å². The van der Waals surface area contributed by atoms with Crippen molar-refractivity contribution < 1.29 is 18.6 Å². The maximum atomic E-state index is 6.20. The molecule has 2 aliphatic heterocycles. The standard InChI is InChI=1S/C23H36B2N2O4/c1-19(2,15-11-13-17(26-15)24-28-20(3,4)21(5,6)29-24)16-12-14-18(27-16)25-30-22(7,8)23(9,10)31-25/h11-14,26-27H,1-10H3. The molecule has 0 radical (unpaired) electrons. The van der Waals surface area contributed by atoms with Crippen LogP contribution in [-0.4, -0.2) is 46.6 Å². The first-order valence-corrected chi connectivity index (χ1v) is 11.2. The van der Waals surface area contributed by atoms with Gasteiger partial charge >= 0.3 is 14.2 Å². The molecule has 0 aromatic carbocycles. The summed E-state index contributed by atoms with van der Waals surface area (Å²) >= 11 is 0. The number of rotatable bonds is 4. The lowest BCUT2D eigenvalue weighted by Crippen LogP contribution is -2.41. The first kappa shape index (κ1) is 22.7. The number of hydrogen-bond donors (Lipinski definition) is 2. The average molecular weight is 426 g/mol.